The van der Waals surface area contributed by atoms with Crippen LogP contribution in [0.25, 0.3) is 0 Å². The molecule has 0 N–H and O–H groups in total. The van der Waals surface area contributed by atoms with Crippen molar-refractivity contribution in [1.29, 1.82) is 5.26 Å². The fourth-order valence-corrected chi connectivity index (χ4v) is 1.66. The van der Waals surface area contributed by atoms with Crippen LogP contribution in [-0.2, 0) is 6.18 Å². The van der Waals surface area contributed by atoms with Gasteiger partial charge in [-0.3, -0.25) is 0 Å². The van der Waals surface area contributed by atoms with E-state index in [-0.39, 0.29) is 11.3 Å². The Morgan fingerprint density at radius 1 is 1.21 bits per heavy atom. The highest BCUT2D eigenvalue weighted by Gasteiger charge is 2.34. The molecule has 0 atom stereocenters. The topological polar surface area (TPSA) is 33.0 Å². The van der Waals surface area contributed by atoms with E-state index in [0.29, 0.717) is 6.61 Å². The molecule has 104 valence electrons. The Hall–Kier alpha value is -1.70. The van der Waals surface area contributed by atoms with Gasteiger partial charge in [0.05, 0.1) is 23.8 Å². The average Bonchev–Trinajstić information content (AvgIpc) is 2.37. The Morgan fingerprint density at radius 2 is 1.95 bits per heavy atom. The number of benzene rings is 1. The summed E-state index contributed by atoms with van der Waals surface area (Å²) < 4.78 is 43.4. The fourth-order valence-electron chi connectivity index (χ4n) is 1.66. The summed E-state index contributed by atoms with van der Waals surface area (Å²) in [7, 11) is 0. The minimum Gasteiger partial charge on any atom is -0.494 e. The zero-order chi connectivity index (χ0) is 14.3. The Kier molecular flexibility index (Phi) is 5.68. The molecule has 0 aromatic heterocycles. The van der Waals surface area contributed by atoms with E-state index in [0.717, 1.165) is 37.8 Å². The van der Waals surface area contributed by atoms with Gasteiger partial charge in [-0.25, -0.2) is 0 Å². The standard InChI is InChI=1S/C14H16F3NO/c1-2-3-4-5-8-19-12-7-6-11(10-18)13(9-12)14(15,16)17/h6-7,9H,2-5,8H2,1H3. The second kappa shape index (κ2) is 7.03. The minimum atomic E-state index is -4.54. The summed E-state index contributed by atoms with van der Waals surface area (Å²) in [5.74, 6) is 0.155. The largest absolute Gasteiger partial charge is 0.494 e. The molecular formula is C14H16F3NO. The first kappa shape index (κ1) is 15.4. The molecule has 0 aliphatic carbocycles. The lowest BCUT2D eigenvalue weighted by Crippen LogP contribution is -2.08. The first-order chi connectivity index (χ1) is 8.99. The van der Waals surface area contributed by atoms with Crippen LogP contribution in [0, 0.1) is 11.3 Å². The molecule has 0 heterocycles. The van der Waals surface area contributed by atoms with Crippen molar-refractivity contribution in [3.8, 4) is 11.8 Å². The van der Waals surface area contributed by atoms with Crippen LogP contribution in [0.4, 0.5) is 13.2 Å². The van der Waals surface area contributed by atoms with E-state index < -0.39 is 11.7 Å². The summed E-state index contributed by atoms with van der Waals surface area (Å²) in [6.45, 7) is 2.47. The highest BCUT2D eigenvalue weighted by atomic mass is 19.4. The van der Waals surface area contributed by atoms with Crippen LogP contribution >= 0.6 is 0 Å². The van der Waals surface area contributed by atoms with Crippen molar-refractivity contribution < 1.29 is 17.9 Å². The molecule has 1 rings (SSSR count). The van der Waals surface area contributed by atoms with Gasteiger partial charge in [-0.1, -0.05) is 26.2 Å². The van der Waals surface area contributed by atoms with Crippen LogP contribution in [-0.4, -0.2) is 6.61 Å². The van der Waals surface area contributed by atoms with Crippen molar-refractivity contribution in [2.24, 2.45) is 0 Å². The van der Waals surface area contributed by atoms with Crippen LogP contribution in [0.1, 0.15) is 43.7 Å². The molecule has 0 saturated heterocycles. The maximum atomic E-state index is 12.7. The third-order valence-corrected chi connectivity index (χ3v) is 2.68. The summed E-state index contributed by atoms with van der Waals surface area (Å²) in [6, 6.07) is 4.96. The lowest BCUT2D eigenvalue weighted by molar-refractivity contribution is -0.137. The summed E-state index contributed by atoms with van der Waals surface area (Å²) in [6.07, 6.45) is -0.541. The molecule has 1 aromatic rings. The van der Waals surface area contributed by atoms with E-state index in [1.165, 1.54) is 12.1 Å². The number of alkyl halides is 3. The first-order valence-corrected chi connectivity index (χ1v) is 6.23. The van der Waals surface area contributed by atoms with E-state index in [1.807, 2.05) is 0 Å². The molecule has 0 radical (unpaired) electrons. The molecule has 1 aromatic carbocycles. The van der Waals surface area contributed by atoms with Crippen LogP contribution in [0.3, 0.4) is 0 Å². The Bertz CT molecular complexity index is 449. The number of hydrogen-bond acceptors (Lipinski definition) is 2. The van der Waals surface area contributed by atoms with Gasteiger partial charge >= 0.3 is 6.18 Å². The number of ether oxygens (including phenoxy) is 1. The Morgan fingerprint density at radius 3 is 2.53 bits per heavy atom. The van der Waals surface area contributed by atoms with Crippen molar-refractivity contribution in [2.75, 3.05) is 6.61 Å². The van der Waals surface area contributed by atoms with Crippen LogP contribution < -0.4 is 4.74 Å². The van der Waals surface area contributed by atoms with Crippen molar-refractivity contribution in [3.05, 3.63) is 29.3 Å². The number of nitriles is 1. The van der Waals surface area contributed by atoms with E-state index in [2.05, 4.69) is 6.92 Å². The molecule has 0 amide bonds. The number of rotatable bonds is 6. The molecule has 2 nitrogen and oxygen atoms in total. The predicted octanol–water partition coefficient (Wildman–Crippen LogP) is 4.54. The molecular weight excluding hydrogens is 255 g/mol. The minimum absolute atomic E-state index is 0.155. The molecule has 0 spiro atoms. The zero-order valence-electron chi connectivity index (χ0n) is 10.8. The maximum absolute atomic E-state index is 12.7. The summed E-state index contributed by atoms with van der Waals surface area (Å²) in [5, 5.41) is 8.66. The van der Waals surface area contributed by atoms with Crippen molar-refractivity contribution in [3.63, 3.8) is 0 Å². The quantitative estimate of drug-likeness (QED) is 0.712. The third kappa shape index (κ3) is 4.82. The Balaban J connectivity index is 2.69. The van der Waals surface area contributed by atoms with E-state index in [9.17, 15) is 13.2 Å². The normalized spacial score (nSPS) is 11.1. The maximum Gasteiger partial charge on any atom is 0.417 e. The first-order valence-electron chi connectivity index (χ1n) is 6.23. The molecule has 0 aliphatic rings. The van der Waals surface area contributed by atoms with Gasteiger partial charge in [-0.2, -0.15) is 18.4 Å². The van der Waals surface area contributed by atoms with Crippen molar-refractivity contribution in [1.82, 2.24) is 0 Å². The smallest absolute Gasteiger partial charge is 0.417 e. The van der Waals surface area contributed by atoms with E-state index in [1.54, 1.807) is 0 Å². The van der Waals surface area contributed by atoms with Gasteiger partial charge in [-0.15, -0.1) is 0 Å². The summed E-state index contributed by atoms with van der Waals surface area (Å²) in [5.41, 5.74) is -1.33. The second-order valence-corrected chi connectivity index (χ2v) is 4.23. The van der Waals surface area contributed by atoms with Gasteiger partial charge in [0.2, 0.25) is 0 Å². The number of hydrogen-bond donors (Lipinski definition) is 0. The lowest BCUT2D eigenvalue weighted by atomic mass is 10.1. The van der Waals surface area contributed by atoms with Gasteiger partial charge in [0, 0.05) is 0 Å². The summed E-state index contributed by atoms with van der Waals surface area (Å²) >= 11 is 0. The van der Waals surface area contributed by atoms with Gasteiger partial charge in [0.25, 0.3) is 0 Å². The SMILES string of the molecule is CCCCCCOc1ccc(C#N)c(C(F)(F)F)c1. The number of halogens is 3. The zero-order valence-corrected chi connectivity index (χ0v) is 10.8. The molecule has 0 fully saturated rings. The number of unbranched alkanes of at least 4 members (excludes halogenated alkanes) is 3. The molecule has 0 bridgehead atoms. The van der Waals surface area contributed by atoms with Gasteiger partial charge in [0.15, 0.2) is 0 Å². The molecule has 0 unspecified atom stereocenters. The fraction of sp³-hybridized carbons (Fsp3) is 0.500. The highest BCUT2D eigenvalue weighted by Crippen LogP contribution is 2.34. The lowest BCUT2D eigenvalue weighted by Gasteiger charge is -2.11. The highest BCUT2D eigenvalue weighted by molar-refractivity contribution is 5.44. The molecule has 0 saturated carbocycles. The van der Waals surface area contributed by atoms with Gasteiger partial charge in [-0.05, 0) is 24.6 Å². The van der Waals surface area contributed by atoms with Crippen molar-refractivity contribution >= 4 is 0 Å². The van der Waals surface area contributed by atoms with E-state index >= 15 is 0 Å². The van der Waals surface area contributed by atoms with E-state index in [4.69, 9.17) is 10.00 Å². The van der Waals surface area contributed by atoms with Crippen LogP contribution in [0.5, 0.6) is 5.75 Å². The van der Waals surface area contributed by atoms with Crippen LogP contribution in [0.15, 0.2) is 18.2 Å². The molecule has 19 heavy (non-hydrogen) atoms. The number of nitrogens with zero attached hydrogens (tertiary/aromatic N) is 1. The summed E-state index contributed by atoms with van der Waals surface area (Å²) in [4.78, 5) is 0. The van der Waals surface area contributed by atoms with Crippen molar-refractivity contribution in [2.45, 2.75) is 38.8 Å². The van der Waals surface area contributed by atoms with Gasteiger partial charge < -0.3 is 4.74 Å². The average molecular weight is 271 g/mol. The van der Waals surface area contributed by atoms with Crippen LogP contribution in [0.2, 0.25) is 0 Å². The Labute approximate surface area is 110 Å². The molecule has 5 heteroatoms. The second-order valence-electron chi connectivity index (χ2n) is 4.23. The van der Waals surface area contributed by atoms with Gasteiger partial charge in [0.1, 0.15) is 5.75 Å². The predicted molar refractivity (Wildman–Crippen MR) is 65.8 cm³/mol. The third-order valence-electron chi connectivity index (χ3n) is 2.68. The molecule has 0 aliphatic heterocycles. The monoisotopic (exact) mass is 271 g/mol.